The molecule has 0 aliphatic carbocycles. The number of hydrogen-bond donors (Lipinski definition) is 1. The predicted octanol–water partition coefficient (Wildman–Crippen LogP) is 3.91. The molecule has 2 saturated heterocycles. The number of rotatable bonds is 5. The van der Waals surface area contributed by atoms with Gasteiger partial charge in [0.05, 0.1) is 6.67 Å². The van der Waals surface area contributed by atoms with E-state index in [0.717, 1.165) is 11.3 Å². The number of anilines is 2. The lowest BCUT2D eigenvalue weighted by atomic mass is 9.85. The van der Waals surface area contributed by atoms with Crippen molar-refractivity contribution >= 4 is 29.1 Å². The number of amides is 3. The molecule has 2 aliphatic heterocycles. The summed E-state index contributed by atoms with van der Waals surface area (Å²) < 4.78 is 0. The van der Waals surface area contributed by atoms with E-state index in [4.69, 9.17) is 0 Å². The van der Waals surface area contributed by atoms with Crippen molar-refractivity contribution in [2.24, 2.45) is 0 Å². The number of para-hydroxylation sites is 1. The molecule has 2 heterocycles. The maximum Gasteiger partial charge on any atom is 0.253 e. The third kappa shape index (κ3) is 4.56. The van der Waals surface area contributed by atoms with Gasteiger partial charge in [0, 0.05) is 30.0 Å². The number of likely N-dealkylation sites (tertiary alicyclic amines) is 1. The second-order valence-electron chi connectivity index (χ2n) is 9.51. The normalized spacial score (nSPS) is 16.9. The van der Waals surface area contributed by atoms with E-state index >= 15 is 0 Å². The molecule has 5 rings (SSSR count). The molecule has 1 spiro atoms. The fraction of sp³-hybridized carbons (Fsp3) is 0.276. The first kappa shape index (κ1) is 23.6. The highest BCUT2D eigenvalue weighted by molar-refractivity contribution is 6.00. The molecule has 3 amide bonds. The summed E-state index contributed by atoms with van der Waals surface area (Å²) in [7, 11) is 0. The monoisotopic (exact) mass is 482 g/mol. The van der Waals surface area contributed by atoms with Crippen LogP contribution in [0.4, 0.5) is 11.4 Å². The Morgan fingerprint density at radius 2 is 1.47 bits per heavy atom. The number of benzene rings is 3. The van der Waals surface area contributed by atoms with Crippen molar-refractivity contribution in [1.82, 2.24) is 9.80 Å². The smallest absolute Gasteiger partial charge is 0.253 e. The standard InChI is InChI=1S/C29H30N4O3/c1-22-12-14-24(15-13-22)30-26(34)20-32-21-33(25-10-6-3-7-11-25)29(28(32)36)16-18-31(19-17-29)27(35)23-8-4-2-5-9-23/h2-15H,16-21H2,1H3,(H,30,34). The van der Waals surface area contributed by atoms with Crippen LogP contribution in [0.15, 0.2) is 84.9 Å². The van der Waals surface area contributed by atoms with E-state index in [-0.39, 0.29) is 24.3 Å². The molecule has 2 fully saturated rings. The number of hydrogen-bond acceptors (Lipinski definition) is 4. The van der Waals surface area contributed by atoms with Crippen LogP contribution in [-0.2, 0) is 9.59 Å². The minimum atomic E-state index is -0.779. The quantitative estimate of drug-likeness (QED) is 0.599. The summed E-state index contributed by atoms with van der Waals surface area (Å²) in [5.74, 6) is -0.303. The molecule has 0 aromatic heterocycles. The maximum absolute atomic E-state index is 13.8. The van der Waals surface area contributed by atoms with Crippen molar-refractivity contribution in [3.05, 3.63) is 96.1 Å². The number of carbonyl (C=O) groups excluding carboxylic acids is 3. The molecular formula is C29H30N4O3. The molecule has 1 N–H and O–H groups in total. The highest BCUT2D eigenvalue weighted by Gasteiger charge is 2.54. The predicted molar refractivity (Wildman–Crippen MR) is 140 cm³/mol. The lowest BCUT2D eigenvalue weighted by molar-refractivity contribution is -0.136. The molecule has 0 bridgehead atoms. The Balaban J connectivity index is 1.33. The van der Waals surface area contributed by atoms with Crippen LogP contribution < -0.4 is 10.2 Å². The second kappa shape index (κ2) is 9.85. The molecular weight excluding hydrogens is 452 g/mol. The summed E-state index contributed by atoms with van der Waals surface area (Å²) in [6.45, 7) is 3.25. The minimum Gasteiger partial charge on any atom is -0.339 e. The number of carbonyl (C=O) groups is 3. The largest absolute Gasteiger partial charge is 0.339 e. The fourth-order valence-corrected chi connectivity index (χ4v) is 5.18. The van der Waals surface area contributed by atoms with Crippen LogP contribution in [0, 0.1) is 6.92 Å². The fourth-order valence-electron chi connectivity index (χ4n) is 5.18. The molecule has 7 nitrogen and oxygen atoms in total. The Bertz CT molecular complexity index is 1240. The topological polar surface area (TPSA) is 73.0 Å². The van der Waals surface area contributed by atoms with Gasteiger partial charge in [-0.15, -0.1) is 0 Å². The van der Waals surface area contributed by atoms with Gasteiger partial charge in [0.25, 0.3) is 11.8 Å². The summed E-state index contributed by atoms with van der Waals surface area (Å²) in [5, 5.41) is 2.90. The van der Waals surface area contributed by atoms with Gasteiger partial charge in [0.1, 0.15) is 12.1 Å². The zero-order chi connectivity index (χ0) is 25.1. The van der Waals surface area contributed by atoms with Crippen LogP contribution >= 0.6 is 0 Å². The van der Waals surface area contributed by atoms with E-state index in [2.05, 4.69) is 10.2 Å². The van der Waals surface area contributed by atoms with Crippen molar-refractivity contribution < 1.29 is 14.4 Å². The van der Waals surface area contributed by atoms with E-state index < -0.39 is 5.54 Å². The number of aryl methyl sites for hydroxylation is 1. The van der Waals surface area contributed by atoms with Crippen molar-refractivity contribution in [2.45, 2.75) is 25.3 Å². The average molecular weight is 483 g/mol. The highest BCUT2D eigenvalue weighted by Crippen LogP contribution is 2.39. The van der Waals surface area contributed by atoms with Crippen molar-refractivity contribution in [1.29, 1.82) is 0 Å². The zero-order valence-electron chi connectivity index (χ0n) is 20.4. The van der Waals surface area contributed by atoms with Crippen LogP contribution in [0.5, 0.6) is 0 Å². The third-order valence-electron chi connectivity index (χ3n) is 7.15. The Kier molecular flexibility index (Phi) is 6.46. The molecule has 0 unspecified atom stereocenters. The van der Waals surface area contributed by atoms with Crippen LogP contribution in [-0.4, -0.2) is 59.4 Å². The average Bonchev–Trinajstić information content (AvgIpc) is 3.17. The van der Waals surface area contributed by atoms with Gasteiger partial charge < -0.3 is 20.0 Å². The highest BCUT2D eigenvalue weighted by atomic mass is 16.2. The van der Waals surface area contributed by atoms with Gasteiger partial charge in [-0.3, -0.25) is 14.4 Å². The Morgan fingerprint density at radius 3 is 2.11 bits per heavy atom. The van der Waals surface area contributed by atoms with E-state index in [9.17, 15) is 14.4 Å². The van der Waals surface area contributed by atoms with E-state index in [1.807, 2.05) is 96.8 Å². The van der Waals surface area contributed by atoms with Crippen molar-refractivity contribution in [3.63, 3.8) is 0 Å². The van der Waals surface area contributed by atoms with Crippen LogP contribution in [0.25, 0.3) is 0 Å². The molecule has 0 atom stereocenters. The minimum absolute atomic E-state index is 0.0171. The van der Waals surface area contributed by atoms with E-state index in [1.165, 1.54) is 0 Å². The zero-order valence-corrected chi connectivity index (χ0v) is 20.4. The number of nitrogens with one attached hydrogen (secondary N) is 1. The lowest BCUT2D eigenvalue weighted by Gasteiger charge is -2.43. The molecule has 7 heteroatoms. The maximum atomic E-state index is 13.8. The van der Waals surface area contributed by atoms with Gasteiger partial charge in [-0.2, -0.15) is 0 Å². The Labute approximate surface area is 211 Å². The first-order valence-electron chi connectivity index (χ1n) is 12.3. The molecule has 184 valence electrons. The molecule has 0 saturated carbocycles. The number of nitrogens with zero attached hydrogens (tertiary/aromatic N) is 3. The van der Waals surface area contributed by atoms with Gasteiger partial charge in [0.15, 0.2) is 0 Å². The summed E-state index contributed by atoms with van der Waals surface area (Å²) in [6.07, 6.45) is 1.02. The lowest BCUT2D eigenvalue weighted by Crippen LogP contribution is -2.57. The summed E-state index contributed by atoms with van der Waals surface area (Å²) in [6, 6.07) is 26.7. The van der Waals surface area contributed by atoms with Gasteiger partial charge in [0.2, 0.25) is 5.91 Å². The van der Waals surface area contributed by atoms with Crippen LogP contribution in [0.3, 0.4) is 0 Å². The number of piperidine rings is 1. The molecule has 3 aromatic carbocycles. The molecule has 2 aliphatic rings. The molecule has 36 heavy (non-hydrogen) atoms. The van der Waals surface area contributed by atoms with E-state index in [0.29, 0.717) is 43.9 Å². The summed E-state index contributed by atoms with van der Waals surface area (Å²) in [5.41, 5.74) is 2.63. The third-order valence-corrected chi connectivity index (χ3v) is 7.15. The van der Waals surface area contributed by atoms with Gasteiger partial charge in [-0.25, -0.2) is 0 Å². The van der Waals surface area contributed by atoms with Crippen LogP contribution in [0.1, 0.15) is 28.8 Å². The Morgan fingerprint density at radius 1 is 0.861 bits per heavy atom. The van der Waals surface area contributed by atoms with Crippen LogP contribution in [0.2, 0.25) is 0 Å². The first-order valence-corrected chi connectivity index (χ1v) is 12.3. The first-order chi connectivity index (χ1) is 17.5. The van der Waals surface area contributed by atoms with Crippen molar-refractivity contribution in [2.75, 3.05) is 36.5 Å². The van der Waals surface area contributed by atoms with Gasteiger partial charge in [-0.1, -0.05) is 54.1 Å². The SMILES string of the molecule is Cc1ccc(NC(=O)CN2CN(c3ccccc3)C3(CCN(C(=O)c4ccccc4)CC3)C2=O)cc1. The summed E-state index contributed by atoms with van der Waals surface area (Å²) >= 11 is 0. The second-order valence-corrected chi connectivity index (χ2v) is 9.51. The van der Waals surface area contributed by atoms with Gasteiger partial charge >= 0.3 is 0 Å². The molecule has 0 radical (unpaired) electrons. The van der Waals surface area contributed by atoms with E-state index in [1.54, 1.807) is 4.90 Å². The molecule has 3 aromatic rings. The van der Waals surface area contributed by atoms with Crippen molar-refractivity contribution in [3.8, 4) is 0 Å². The summed E-state index contributed by atoms with van der Waals surface area (Å²) in [4.78, 5) is 45.2. The van der Waals surface area contributed by atoms with Gasteiger partial charge in [-0.05, 0) is 56.2 Å². The Hall–Kier alpha value is -4.13.